The van der Waals surface area contributed by atoms with E-state index in [9.17, 15) is 9.59 Å². The number of methoxy groups -OCH3 is 1. The number of rotatable bonds is 5. The summed E-state index contributed by atoms with van der Waals surface area (Å²) >= 11 is 0. The number of Topliss-reactive ketones (excluding diaryl/α,β-unsaturated/α-hetero) is 1. The van der Waals surface area contributed by atoms with Gasteiger partial charge in [0.15, 0.2) is 5.78 Å². The van der Waals surface area contributed by atoms with Crippen molar-refractivity contribution < 1.29 is 14.3 Å². The molecule has 0 heterocycles. The molecule has 0 spiro atoms. The van der Waals surface area contributed by atoms with Crippen LogP contribution in [-0.2, 0) is 0 Å². The number of nitrogens with one attached hydrogen (secondary N) is 1. The highest BCUT2D eigenvalue weighted by Crippen LogP contribution is 2.14. The number of carbonyl (C=O) groups excluding carboxylic acids is 2. The normalized spacial score (nSPS) is 10.0. The van der Waals surface area contributed by atoms with Crippen molar-refractivity contribution >= 4 is 17.4 Å². The Morgan fingerprint density at radius 1 is 1.00 bits per heavy atom. The molecule has 2 aromatic carbocycles. The smallest absolute Gasteiger partial charge is 0.255 e. The Morgan fingerprint density at radius 2 is 1.57 bits per heavy atom. The van der Waals surface area contributed by atoms with E-state index in [1.54, 1.807) is 55.6 Å². The summed E-state index contributed by atoms with van der Waals surface area (Å²) in [5.74, 6) is 0.329. The first-order valence-corrected chi connectivity index (χ1v) is 6.43. The highest BCUT2D eigenvalue weighted by Gasteiger charge is 2.07. The first kappa shape index (κ1) is 14.7. The lowest BCUT2D eigenvalue weighted by Gasteiger charge is -2.07. The molecule has 0 unspecified atom stereocenters. The number of carbonyl (C=O) groups is 2. The largest absolute Gasteiger partial charge is 0.497 e. The zero-order valence-electron chi connectivity index (χ0n) is 11.6. The molecule has 0 aliphatic rings. The molecular formula is C16H16N2O3. The van der Waals surface area contributed by atoms with Crippen LogP contribution in [0.15, 0.2) is 48.5 Å². The van der Waals surface area contributed by atoms with Gasteiger partial charge in [-0.25, -0.2) is 0 Å². The molecule has 108 valence electrons. The van der Waals surface area contributed by atoms with Crippen molar-refractivity contribution in [3.05, 3.63) is 59.7 Å². The Bertz CT molecular complexity index is 634. The summed E-state index contributed by atoms with van der Waals surface area (Å²) in [6.45, 7) is -0.0302. The van der Waals surface area contributed by atoms with Crippen LogP contribution in [0.2, 0.25) is 0 Å². The molecule has 0 saturated carbocycles. The van der Waals surface area contributed by atoms with E-state index in [2.05, 4.69) is 5.32 Å². The van der Waals surface area contributed by atoms with Crippen molar-refractivity contribution in [1.29, 1.82) is 0 Å². The van der Waals surface area contributed by atoms with E-state index in [0.717, 1.165) is 0 Å². The second-order valence-corrected chi connectivity index (χ2v) is 4.39. The summed E-state index contributed by atoms with van der Waals surface area (Å²) in [7, 11) is 1.57. The van der Waals surface area contributed by atoms with Gasteiger partial charge in [-0.3, -0.25) is 9.59 Å². The number of amides is 1. The minimum atomic E-state index is -0.226. The minimum Gasteiger partial charge on any atom is -0.497 e. The first-order valence-electron chi connectivity index (χ1n) is 6.43. The van der Waals surface area contributed by atoms with Crippen LogP contribution in [0.25, 0.3) is 0 Å². The molecule has 5 heteroatoms. The van der Waals surface area contributed by atoms with E-state index >= 15 is 0 Å². The number of nitrogens with two attached hydrogens (primary N) is 1. The van der Waals surface area contributed by atoms with Crippen molar-refractivity contribution in [2.45, 2.75) is 0 Å². The fourth-order valence-electron chi connectivity index (χ4n) is 1.80. The zero-order valence-corrected chi connectivity index (χ0v) is 11.6. The molecule has 0 fully saturated rings. The predicted octanol–water partition coefficient (Wildman–Crippen LogP) is 2.09. The van der Waals surface area contributed by atoms with E-state index in [1.807, 2.05) is 0 Å². The van der Waals surface area contributed by atoms with Gasteiger partial charge < -0.3 is 15.8 Å². The van der Waals surface area contributed by atoms with Gasteiger partial charge in [0, 0.05) is 16.8 Å². The fraction of sp³-hybridized carbons (Fsp3) is 0.125. The quantitative estimate of drug-likeness (QED) is 0.824. The Balaban J connectivity index is 2.06. The van der Waals surface area contributed by atoms with Crippen LogP contribution < -0.4 is 15.8 Å². The van der Waals surface area contributed by atoms with Crippen LogP contribution >= 0.6 is 0 Å². The molecule has 3 N–H and O–H groups in total. The SMILES string of the molecule is COc1ccc(C(=O)Nc2ccc(C(=O)CN)cc2)cc1. The van der Waals surface area contributed by atoms with Gasteiger partial charge in [0.2, 0.25) is 0 Å². The Hall–Kier alpha value is -2.66. The Labute approximate surface area is 122 Å². The molecule has 0 aromatic heterocycles. The average Bonchev–Trinajstić information content (AvgIpc) is 2.55. The van der Waals surface area contributed by atoms with Gasteiger partial charge in [0.1, 0.15) is 5.75 Å². The highest BCUT2D eigenvalue weighted by molar-refractivity contribution is 6.04. The molecule has 2 rings (SSSR count). The molecule has 1 amide bonds. The van der Waals surface area contributed by atoms with E-state index in [4.69, 9.17) is 10.5 Å². The van der Waals surface area contributed by atoms with Gasteiger partial charge in [-0.15, -0.1) is 0 Å². The van der Waals surface area contributed by atoms with Gasteiger partial charge in [0.25, 0.3) is 5.91 Å². The summed E-state index contributed by atoms with van der Waals surface area (Å²) < 4.78 is 5.04. The van der Waals surface area contributed by atoms with Crippen LogP contribution in [-0.4, -0.2) is 25.3 Å². The molecule has 0 aliphatic heterocycles. The zero-order chi connectivity index (χ0) is 15.2. The molecular weight excluding hydrogens is 268 g/mol. The van der Waals surface area contributed by atoms with Crippen LogP contribution in [0.1, 0.15) is 20.7 Å². The summed E-state index contributed by atoms with van der Waals surface area (Å²) in [4.78, 5) is 23.5. The summed E-state index contributed by atoms with van der Waals surface area (Å²) in [5, 5.41) is 2.76. The van der Waals surface area contributed by atoms with Gasteiger partial charge >= 0.3 is 0 Å². The first-order chi connectivity index (χ1) is 10.1. The van der Waals surface area contributed by atoms with E-state index in [0.29, 0.717) is 22.6 Å². The van der Waals surface area contributed by atoms with Crippen molar-refractivity contribution in [2.24, 2.45) is 5.73 Å². The summed E-state index contributed by atoms with van der Waals surface area (Å²) in [6, 6.07) is 13.4. The number of hydrogen-bond donors (Lipinski definition) is 2. The minimum absolute atomic E-state index is 0.0302. The van der Waals surface area contributed by atoms with Gasteiger partial charge in [-0.2, -0.15) is 0 Å². The van der Waals surface area contributed by atoms with Crippen LogP contribution in [0, 0.1) is 0 Å². The highest BCUT2D eigenvalue weighted by atomic mass is 16.5. The molecule has 0 aliphatic carbocycles. The predicted molar refractivity (Wildman–Crippen MR) is 80.8 cm³/mol. The van der Waals surface area contributed by atoms with Gasteiger partial charge in [0.05, 0.1) is 13.7 Å². The van der Waals surface area contributed by atoms with Crippen molar-refractivity contribution in [3.63, 3.8) is 0 Å². The molecule has 2 aromatic rings. The van der Waals surface area contributed by atoms with E-state index in [-0.39, 0.29) is 18.2 Å². The number of ether oxygens (including phenoxy) is 1. The standard InChI is InChI=1S/C16H16N2O3/c1-21-14-8-4-12(5-9-14)16(20)18-13-6-2-11(3-7-13)15(19)10-17/h2-9H,10,17H2,1H3,(H,18,20). The summed E-state index contributed by atoms with van der Waals surface area (Å²) in [5.41, 5.74) is 6.96. The average molecular weight is 284 g/mol. The van der Waals surface area contributed by atoms with Crippen LogP contribution in [0.3, 0.4) is 0 Å². The number of hydrogen-bond acceptors (Lipinski definition) is 4. The molecule has 0 atom stereocenters. The molecule has 21 heavy (non-hydrogen) atoms. The molecule has 0 radical (unpaired) electrons. The van der Waals surface area contributed by atoms with Crippen molar-refractivity contribution in [2.75, 3.05) is 19.0 Å². The topological polar surface area (TPSA) is 81.4 Å². The second kappa shape index (κ2) is 6.67. The Kier molecular flexibility index (Phi) is 4.68. The maximum absolute atomic E-state index is 12.0. The van der Waals surface area contributed by atoms with E-state index in [1.165, 1.54) is 0 Å². The van der Waals surface area contributed by atoms with Crippen LogP contribution in [0.4, 0.5) is 5.69 Å². The second-order valence-electron chi connectivity index (χ2n) is 4.39. The lowest BCUT2D eigenvalue weighted by atomic mass is 10.1. The number of anilines is 1. The van der Waals surface area contributed by atoms with Crippen molar-refractivity contribution in [3.8, 4) is 5.75 Å². The maximum Gasteiger partial charge on any atom is 0.255 e. The van der Waals surface area contributed by atoms with Gasteiger partial charge in [-0.1, -0.05) is 0 Å². The third-order valence-corrected chi connectivity index (χ3v) is 3.00. The number of ketones is 1. The maximum atomic E-state index is 12.0. The Morgan fingerprint density at radius 3 is 2.10 bits per heavy atom. The molecule has 0 bridgehead atoms. The fourth-order valence-corrected chi connectivity index (χ4v) is 1.80. The number of benzene rings is 2. The molecule has 0 saturated heterocycles. The third-order valence-electron chi connectivity index (χ3n) is 3.00. The lowest BCUT2D eigenvalue weighted by Crippen LogP contribution is -2.14. The molecule has 5 nitrogen and oxygen atoms in total. The summed E-state index contributed by atoms with van der Waals surface area (Å²) in [6.07, 6.45) is 0. The monoisotopic (exact) mass is 284 g/mol. The van der Waals surface area contributed by atoms with Gasteiger partial charge in [-0.05, 0) is 48.5 Å². The lowest BCUT2D eigenvalue weighted by molar-refractivity contribution is 0.0999. The van der Waals surface area contributed by atoms with E-state index < -0.39 is 0 Å². The van der Waals surface area contributed by atoms with Crippen LogP contribution in [0.5, 0.6) is 5.75 Å². The third kappa shape index (κ3) is 3.67. The van der Waals surface area contributed by atoms with Crippen molar-refractivity contribution in [1.82, 2.24) is 0 Å².